The van der Waals surface area contributed by atoms with Crippen LogP contribution in [0.5, 0.6) is 0 Å². The molecule has 6 nitrogen and oxygen atoms in total. The summed E-state index contributed by atoms with van der Waals surface area (Å²) in [5.41, 5.74) is 18.0. The summed E-state index contributed by atoms with van der Waals surface area (Å²) in [7, 11) is 0. The van der Waals surface area contributed by atoms with Gasteiger partial charge in [-0.15, -0.1) is 0 Å². The van der Waals surface area contributed by atoms with E-state index in [1.54, 1.807) is 0 Å². The summed E-state index contributed by atoms with van der Waals surface area (Å²) in [4.78, 5) is 4.67. The Balaban J connectivity index is 0.854. The van der Waals surface area contributed by atoms with Crippen molar-refractivity contribution in [2.45, 2.75) is 79.1 Å². The zero-order chi connectivity index (χ0) is 54.2. The molecular formula is C74H60N2O4. The maximum atomic E-state index is 7.02. The van der Waals surface area contributed by atoms with Crippen LogP contribution in [0.4, 0.5) is 34.1 Å². The molecule has 390 valence electrons. The van der Waals surface area contributed by atoms with Crippen LogP contribution in [0.3, 0.4) is 0 Å². The summed E-state index contributed by atoms with van der Waals surface area (Å²) in [6, 6.07) is 70.6. The van der Waals surface area contributed by atoms with Crippen molar-refractivity contribution in [1.82, 2.24) is 0 Å². The van der Waals surface area contributed by atoms with E-state index in [0.29, 0.717) is 23.7 Å². The lowest BCUT2D eigenvalue weighted by Crippen LogP contribution is -2.10. The van der Waals surface area contributed by atoms with E-state index in [2.05, 4.69) is 259 Å². The van der Waals surface area contributed by atoms with Crippen LogP contribution in [-0.4, -0.2) is 0 Å². The van der Waals surface area contributed by atoms with Gasteiger partial charge >= 0.3 is 0 Å². The van der Waals surface area contributed by atoms with Crippen LogP contribution in [0.2, 0.25) is 0 Å². The molecule has 0 aliphatic heterocycles. The molecule has 4 heterocycles. The lowest BCUT2D eigenvalue weighted by molar-refractivity contribution is 0.657. The molecule has 0 aliphatic rings. The zero-order valence-electron chi connectivity index (χ0n) is 46.3. The van der Waals surface area contributed by atoms with Crippen molar-refractivity contribution in [1.29, 1.82) is 0 Å². The van der Waals surface area contributed by atoms with E-state index in [0.717, 1.165) is 143 Å². The molecule has 0 atom stereocenters. The second-order valence-corrected chi connectivity index (χ2v) is 23.2. The predicted molar refractivity (Wildman–Crippen MR) is 336 cm³/mol. The summed E-state index contributed by atoms with van der Waals surface area (Å²) in [5, 5.41) is 13.0. The molecule has 0 saturated heterocycles. The van der Waals surface area contributed by atoms with E-state index in [1.165, 1.54) is 22.3 Å². The molecule has 0 saturated carbocycles. The normalized spacial score (nSPS) is 12.4. The van der Waals surface area contributed by atoms with Gasteiger partial charge in [0.15, 0.2) is 11.2 Å². The summed E-state index contributed by atoms with van der Waals surface area (Å²) in [6.45, 7) is 17.9. The van der Waals surface area contributed by atoms with Crippen LogP contribution >= 0.6 is 0 Å². The van der Waals surface area contributed by atoms with E-state index in [9.17, 15) is 0 Å². The first-order valence-corrected chi connectivity index (χ1v) is 28.3. The Labute approximate surface area is 464 Å². The molecule has 0 N–H and O–H groups in total. The van der Waals surface area contributed by atoms with Crippen LogP contribution < -0.4 is 9.80 Å². The van der Waals surface area contributed by atoms with Crippen molar-refractivity contribution in [3.63, 3.8) is 0 Å². The number of furan rings is 4. The molecule has 11 aromatic carbocycles. The molecule has 0 radical (unpaired) electrons. The topological polar surface area (TPSA) is 59.0 Å². The Bertz CT molecular complexity index is 4970. The summed E-state index contributed by atoms with van der Waals surface area (Å²) >= 11 is 0. The first-order valence-electron chi connectivity index (χ1n) is 28.3. The molecule has 0 unspecified atom stereocenters. The number of para-hydroxylation sites is 4. The number of rotatable bonds is 10. The second kappa shape index (κ2) is 18.2. The highest BCUT2D eigenvalue weighted by atomic mass is 16.3. The highest BCUT2D eigenvalue weighted by Gasteiger charge is 2.25. The summed E-state index contributed by atoms with van der Waals surface area (Å²) in [6.07, 6.45) is 0. The molecule has 80 heavy (non-hydrogen) atoms. The molecule has 15 rings (SSSR count). The van der Waals surface area contributed by atoms with Gasteiger partial charge in [-0.3, -0.25) is 0 Å². The van der Waals surface area contributed by atoms with Gasteiger partial charge in [0.1, 0.15) is 33.5 Å². The minimum atomic E-state index is 0.322. The summed E-state index contributed by atoms with van der Waals surface area (Å²) < 4.78 is 27.7. The molecule has 6 heteroatoms. The van der Waals surface area contributed by atoms with Crippen molar-refractivity contribution in [3.8, 4) is 0 Å². The smallest absolute Gasteiger partial charge is 0.159 e. The SMILES string of the molecule is CC(C)c1ccc(N(c2ccc3cc4c(cc3c2)oc2c4ccc3oc4cc5cc(N(c6ccc(C(C)C)cc6)c6cccc7c6oc6c(C(C)C)cccc67)ccc5cc4c32)c2cccc3c2oc2c(C(C)C)cccc23)cc1. The van der Waals surface area contributed by atoms with Gasteiger partial charge in [0, 0.05) is 60.5 Å². The van der Waals surface area contributed by atoms with Crippen molar-refractivity contribution < 1.29 is 17.7 Å². The lowest BCUT2D eigenvalue weighted by atomic mass is 10.00. The fourth-order valence-electron chi connectivity index (χ4n) is 12.6. The zero-order valence-corrected chi connectivity index (χ0v) is 46.3. The van der Waals surface area contributed by atoms with Crippen molar-refractivity contribution in [2.24, 2.45) is 0 Å². The van der Waals surface area contributed by atoms with Gasteiger partial charge in [-0.2, -0.15) is 0 Å². The van der Waals surface area contributed by atoms with Crippen LogP contribution in [0, 0.1) is 0 Å². The Kier molecular flexibility index (Phi) is 10.9. The first kappa shape index (κ1) is 47.9. The number of benzene rings is 11. The predicted octanol–water partition coefficient (Wildman–Crippen LogP) is 23.0. The number of hydrogen-bond donors (Lipinski definition) is 0. The van der Waals surface area contributed by atoms with Gasteiger partial charge in [-0.25, -0.2) is 0 Å². The molecule has 4 aromatic heterocycles. The van der Waals surface area contributed by atoms with E-state index in [-0.39, 0.29) is 0 Å². The number of hydrogen-bond acceptors (Lipinski definition) is 6. The first-order chi connectivity index (χ1) is 38.9. The van der Waals surface area contributed by atoms with Crippen LogP contribution in [0.15, 0.2) is 212 Å². The highest BCUT2D eigenvalue weighted by molar-refractivity contribution is 6.24. The monoisotopic (exact) mass is 1040 g/mol. The maximum absolute atomic E-state index is 7.02. The van der Waals surface area contributed by atoms with Crippen LogP contribution in [0.25, 0.3) is 109 Å². The fourth-order valence-corrected chi connectivity index (χ4v) is 12.6. The van der Waals surface area contributed by atoms with E-state index in [1.807, 2.05) is 0 Å². The van der Waals surface area contributed by atoms with Gasteiger partial charge in [-0.1, -0.05) is 152 Å². The Morgan fingerprint density at radius 3 is 1.18 bits per heavy atom. The molecule has 0 spiro atoms. The highest BCUT2D eigenvalue weighted by Crippen LogP contribution is 2.48. The Morgan fingerprint density at radius 1 is 0.275 bits per heavy atom. The van der Waals surface area contributed by atoms with Crippen molar-refractivity contribution in [3.05, 3.63) is 216 Å². The minimum absolute atomic E-state index is 0.322. The average Bonchev–Trinajstić information content (AvgIpc) is 4.26. The minimum Gasteiger partial charge on any atom is -0.456 e. The Hall–Kier alpha value is -9.26. The van der Waals surface area contributed by atoms with E-state index < -0.39 is 0 Å². The summed E-state index contributed by atoms with van der Waals surface area (Å²) in [5.74, 6) is 1.47. The standard InChI is InChI=1S/C74H60N2O4/c1-41(2)45-21-27-51(28-22-45)75(64-19-11-17-59-57-15-9-13-55(43(5)6)70(57)79-72(59)64)53-31-25-47-37-62-61-33-34-66-69(74(61)78-67(62)39-49(47)35-53)63-38-48-26-32-54(36-50(48)40-68(63)77-66)76(52-29-23-46(24-30-52)42(3)4)65-20-12-18-60-58-16-10-14-56(44(7)8)71(58)80-73(60)65/h9-44H,1-8H3. The Morgan fingerprint density at radius 2 is 0.700 bits per heavy atom. The van der Waals surface area contributed by atoms with Gasteiger partial charge in [-0.05, 0) is 165 Å². The number of anilines is 6. The molecule has 15 aromatic rings. The van der Waals surface area contributed by atoms with Gasteiger partial charge in [0.2, 0.25) is 0 Å². The van der Waals surface area contributed by atoms with Crippen molar-refractivity contribution >= 4 is 143 Å². The third-order valence-electron chi connectivity index (χ3n) is 16.9. The van der Waals surface area contributed by atoms with E-state index >= 15 is 0 Å². The molecule has 0 aliphatic carbocycles. The maximum Gasteiger partial charge on any atom is 0.159 e. The van der Waals surface area contributed by atoms with Gasteiger partial charge in [0.25, 0.3) is 0 Å². The second-order valence-electron chi connectivity index (χ2n) is 23.2. The van der Waals surface area contributed by atoms with Crippen LogP contribution in [-0.2, 0) is 0 Å². The lowest BCUT2D eigenvalue weighted by Gasteiger charge is -2.26. The molecule has 0 bridgehead atoms. The third-order valence-corrected chi connectivity index (χ3v) is 16.9. The van der Waals surface area contributed by atoms with Crippen molar-refractivity contribution in [2.75, 3.05) is 9.80 Å². The largest absolute Gasteiger partial charge is 0.456 e. The fraction of sp³-hybridized carbons (Fsp3) is 0.162. The number of nitrogens with zero attached hydrogens (tertiary/aromatic N) is 2. The average molecular weight is 1040 g/mol. The molecular weight excluding hydrogens is 981 g/mol. The molecule has 0 fully saturated rings. The third kappa shape index (κ3) is 7.45. The molecule has 0 amide bonds. The number of fused-ring (bicyclic) bond motifs is 15. The van der Waals surface area contributed by atoms with Gasteiger partial charge < -0.3 is 27.5 Å². The van der Waals surface area contributed by atoms with Gasteiger partial charge in [0.05, 0.1) is 16.8 Å². The van der Waals surface area contributed by atoms with E-state index in [4.69, 9.17) is 17.7 Å². The quantitative estimate of drug-likeness (QED) is 0.136. The van der Waals surface area contributed by atoms with Crippen LogP contribution in [0.1, 0.15) is 101 Å².